The van der Waals surface area contributed by atoms with Crippen LogP contribution < -0.4 is 14.4 Å². The Morgan fingerprint density at radius 3 is 2.47 bits per heavy atom. The molecule has 152 valence electrons. The summed E-state index contributed by atoms with van der Waals surface area (Å²) in [6.45, 7) is 0.359. The summed E-state index contributed by atoms with van der Waals surface area (Å²) in [4.78, 5) is 20.0. The van der Waals surface area contributed by atoms with Gasteiger partial charge in [0.05, 0.1) is 36.1 Å². The van der Waals surface area contributed by atoms with Crippen molar-refractivity contribution in [3.8, 4) is 11.5 Å². The Balaban J connectivity index is 1.83. The number of methoxy groups -OCH3 is 2. The van der Waals surface area contributed by atoms with Crippen LogP contribution in [0.25, 0.3) is 10.2 Å². The molecule has 0 radical (unpaired) electrons. The van der Waals surface area contributed by atoms with Crippen molar-refractivity contribution < 1.29 is 14.3 Å². The van der Waals surface area contributed by atoms with Gasteiger partial charge < -0.3 is 9.47 Å². The predicted octanol–water partition coefficient (Wildman–Crippen LogP) is 5.81. The molecule has 7 heteroatoms. The summed E-state index contributed by atoms with van der Waals surface area (Å²) in [5.74, 6) is 0.655. The molecule has 5 nitrogen and oxygen atoms in total. The van der Waals surface area contributed by atoms with Crippen LogP contribution >= 0.6 is 22.9 Å². The average molecular weight is 439 g/mol. The number of nitrogens with zero attached hydrogens (tertiary/aromatic N) is 2. The average Bonchev–Trinajstić information content (AvgIpc) is 3.22. The molecule has 0 saturated carbocycles. The maximum Gasteiger partial charge on any atom is 0.264 e. The van der Waals surface area contributed by atoms with Gasteiger partial charge in [0.15, 0.2) is 16.6 Å². The molecule has 0 atom stereocenters. The second-order valence-electron chi connectivity index (χ2n) is 6.50. The first-order chi connectivity index (χ1) is 14.6. The number of para-hydroxylation sites is 2. The predicted molar refractivity (Wildman–Crippen MR) is 121 cm³/mol. The summed E-state index contributed by atoms with van der Waals surface area (Å²) in [5, 5.41) is 1.12. The third-order valence-corrected chi connectivity index (χ3v) is 6.00. The van der Waals surface area contributed by atoms with E-state index >= 15 is 0 Å². The van der Waals surface area contributed by atoms with E-state index in [0.717, 1.165) is 10.3 Å². The van der Waals surface area contributed by atoms with Crippen molar-refractivity contribution in [3.05, 3.63) is 82.9 Å². The summed E-state index contributed by atoms with van der Waals surface area (Å²) < 4.78 is 11.8. The van der Waals surface area contributed by atoms with Gasteiger partial charge in [-0.1, -0.05) is 65.4 Å². The monoisotopic (exact) mass is 438 g/mol. The Bertz CT molecular complexity index is 1190. The summed E-state index contributed by atoms with van der Waals surface area (Å²) in [6.07, 6.45) is 0. The molecule has 3 aromatic carbocycles. The molecule has 0 N–H and O–H groups in total. The molecular weight excluding hydrogens is 420 g/mol. The van der Waals surface area contributed by atoms with Gasteiger partial charge in [0, 0.05) is 0 Å². The summed E-state index contributed by atoms with van der Waals surface area (Å²) in [6, 6.07) is 20.6. The highest BCUT2D eigenvalue weighted by Crippen LogP contribution is 2.36. The molecule has 0 aliphatic heterocycles. The van der Waals surface area contributed by atoms with Gasteiger partial charge in [-0.3, -0.25) is 9.69 Å². The van der Waals surface area contributed by atoms with Gasteiger partial charge in [-0.15, -0.1) is 0 Å². The summed E-state index contributed by atoms with van der Waals surface area (Å²) >= 11 is 7.75. The molecule has 4 rings (SSSR count). The van der Waals surface area contributed by atoms with E-state index in [1.165, 1.54) is 18.4 Å². The van der Waals surface area contributed by atoms with Crippen LogP contribution in [-0.2, 0) is 6.54 Å². The topological polar surface area (TPSA) is 51.7 Å². The fraction of sp³-hybridized carbons (Fsp3) is 0.130. The molecule has 0 aliphatic carbocycles. The smallest absolute Gasteiger partial charge is 0.264 e. The minimum Gasteiger partial charge on any atom is -0.493 e. The number of carbonyl (C=O) groups excluding carboxylic acids is 1. The van der Waals surface area contributed by atoms with Gasteiger partial charge in [0.2, 0.25) is 0 Å². The van der Waals surface area contributed by atoms with Crippen molar-refractivity contribution in [2.75, 3.05) is 19.1 Å². The number of ether oxygens (including phenoxy) is 2. The first-order valence-corrected chi connectivity index (χ1v) is 10.4. The largest absolute Gasteiger partial charge is 0.493 e. The zero-order valence-corrected chi connectivity index (χ0v) is 18.0. The lowest BCUT2D eigenvalue weighted by Crippen LogP contribution is -2.30. The van der Waals surface area contributed by atoms with Crippen molar-refractivity contribution in [2.24, 2.45) is 0 Å². The third kappa shape index (κ3) is 3.84. The molecule has 0 spiro atoms. The number of halogens is 1. The van der Waals surface area contributed by atoms with Gasteiger partial charge in [0.25, 0.3) is 5.91 Å². The highest BCUT2D eigenvalue weighted by molar-refractivity contribution is 7.22. The van der Waals surface area contributed by atoms with E-state index in [1.54, 1.807) is 36.3 Å². The van der Waals surface area contributed by atoms with Crippen LogP contribution in [-0.4, -0.2) is 25.1 Å². The number of aromatic nitrogens is 1. The normalized spacial score (nSPS) is 10.8. The number of benzene rings is 3. The Morgan fingerprint density at radius 2 is 1.77 bits per heavy atom. The zero-order chi connectivity index (χ0) is 21.1. The van der Waals surface area contributed by atoms with Crippen LogP contribution in [0.5, 0.6) is 11.5 Å². The Morgan fingerprint density at radius 1 is 1.00 bits per heavy atom. The van der Waals surface area contributed by atoms with Crippen LogP contribution in [0.1, 0.15) is 15.9 Å². The first-order valence-electron chi connectivity index (χ1n) is 9.24. The maximum absolute atomic E-state index is 13.7. The summed E-state index contributed by atoms with van der Waals surface area (Å²) in [7, 11) is 3.07. The number of carbonyl (C=O) groups is 1. The van der Waals surface area contributed by atoms with Crippen molar-refractivity contribution in [3.63, 3.8) is 0 Å². The highest BCUT2D eigenvalue weighted by Gasteiger charge is 2.26. The molecule has 0 fully saturated rings. The number of hydrogen-bond donors (Lipinski definition) is 0. The molecule has 4 aromatic rings. The van der Waals surface area contributed by atoms with Crippen LogP contribution in [0.4, 0.5) is 5.13 Å². The molecule has 1 aromatic heterocycles. The Hall–Kier alpha value is -3.09. The minimum absolute atomic E-state index is 0.232. The standard InChI is InChI=1S/C23H19ClN2O3S/c1-28-18-12-6-10-16(21(18)29-2)22(27)26(14-15-8-4-3-5-9-15)23-25-20-17(24)11-7-13-19(20)30-23/h3-13H,14H2,1-2H3. The quantitative estimate of drug-likeness (QED) is 0.381. The van der Waals surface area contributed by atoms with E-state index in [0.29, 0.717) is 39.3 Å². The van der Waals surface area contributed by atoms with E-state index in [-0.39, 0.29) is 5.91 Å². The van der Waals surface area contributed by atoms with Crippen molar-refractivity contribution in [1.29, 1.82) is 0 Å². The van der Waals surface area contributed by atoms with Gasteiger partial charge in [-0.05, 0) is 29.8 Å². The fourth-order valence-electron chi connectivity index (χ4n) is 3.21. The molecule has 1 amide bonds. The molecule has 0 saturated heterocycles. The second-order valence-corrected chi connectivity index (χ2v) is 7.92. The van der Waals surface area contributed by atoms with E-state index in [1.807, 2.05) is 42.5 Å². The molecule has 0 bridgehead atoms. The molecule has 0 unspecified atom stereocenters. The molecule has 30 heavy (non-hydrogen) atoms. The fourth-order valence-corrected chi connectivity index (χ4v) is 4.47. The van der Waals surface area contributed by atoms with Crippen LogP contribution in [0, 0.1) is 0 Å². The first kappa shape index (κ1) is 20.2. The number of fused-ring (bicyclic) bond motifs is 1. The lowest BCUT2D eigenvalue weighted by molar-refractivity contribution is 0.0981. The minimum atomic E-state index is -0.232. The van der Waals surface area contributed by atoms with Crippen LogP contribution in [0.15, 0.2) is 66.7 Å². The van der Waals surface area contributed by atoms with Crippen LogP contribution in [0.2, 0.25) is 5.02 Å². The van der Waals surface area contributed by atoms with E-state index < -0.39 is 0 Å². The number of hydrogen-bond acceptors (Lipinski definition) is 5. The number of anilines is 1. The third-order valence-electron chi connectivity index (χ3n) is 4.65. The maximum atomic E-state index is 13.7. The Labute approximate surface area is 183 Å². The molecular formula is C23H19ClN2O3S. The number of rotatable bonds is 6. The zero-order valence-electron chi connectivity index (χ0n) is 16.5. The number of thiazole rings is 1. The van der Waals surface area contributed by atoms with Crippen molar-refractivity contribution in [1.82, 2.24) is 4.98 Å². The molecule has 0 aliphatic rings. The van der Waals surface area contributed by atoms with Crippen molar-refractivity contribution in [2.45, 2.75) is 6.54 Å². The SMILES string of the molecule is COc1cccc(C(=O)N(Cc2ccccc2)c2nc3c(Cl)cccc3s2)c1OC. The van der Waals surface area contributed by atoms with E-state index in [9.17, 15) is 4.79 Å². The lowest BCUT2D eigenvalue weighted by atomic mass is 10.1. The number of amides is 1. The highest BCUT2D eigenvalue weighted by atomic mass is 35.5. The van der Waals surface area contributed by atoms with E-state index in [4.69, 9.17) is 21.1 Å². The van der Waals surface area contributed by atoms with Gasteiger partial charge in [-0.25, -0.2) is 4.98 Å². The summed E-state index contributed by atoms with van der Waals surface area (Å²) in [5.41, 5.74) is 2.07. The van der Waals surface area contributed by atoms with Gasteiger partial charge >= 0.3 is 0 Å². The van der Waals surface area contributed by atoms with Crippen LogP contribution in [0.3, 0.4) is 0 Å². The van der Waals surface area contributed by atoms with E-state index in [2.05, 4.69) is 4.98 Å². The molecule has 1 heterocycles. The second kappa shape index (κ2) is 8.73. The Kier molecular flexibility index (Phi) is 5.88. The van der Waals surface area contributed by atoms with Gasteiger partial charge in [-0.2, -0.15) is 0 Å². The van der Waals surface area contributed by atoms with Crippen molar-refractivity contribution >= 4 is 44.2 Å². The lowest BCUT2D eigenvalue weighted by Gasteiger charge is -2.22. The van der Waals surface area contributed by atoms with Gasteiger partial charge in [0.1, 0.15) is 5.52 Å².